The SMILES string of the molecule is Cc1ccc2c(N)c(C(=O)N3CCC(C)(C)C3)sc2c1. The molecule has 0 radical (unpaired) electrons. The number of fused-ring (bicyclic) bond motifs is 1. The fourth-order valence-corrected chi connectivity index (χ4v) is 4.00. The van der Waals surface area contributed by atoms with Gasteiger partial charge in [0.2, 0.25) is 0 Å². The van der Waals surface area contributed by atoms with E-state index in [0.29, 0.717) is 10.6 Å². The highest BCUT2D eigenvalue weighted by molar-refractivity contribution is 7.21. The molecule has 1 saturated heterocycles. The Morgan fingerprint density at radius 1 is 1.40 bits per heavy atom. The molecule has 1 aliphatic heterocycles. The number of carbonyl (C=O) groups excluding carboxylic acids is 1. The van der Waals surface area contributed by atoms with Crippen LogP contribution in [0.15, 0.2) is 18.2 Å². The molecule has 1 aromatic carbocycles. The van der Waals surface area contributed by atoms with Crippen molar-refractivity contribution in [3.63, 3.8) is 0 Å². The van der Waals surface area contributed by atoms with Gasteiger partial charge in [-0.1, -0.05) is 26.0 Å². The van der Waals surface area contributed by atoms with Crippen LogP contribution in [0.3, 0.4) is 0 Å². The Morgan fingerprint density at radius 2 is 2.15 bits per heavy atom. The summed E-state index contributed by atoms with van der Waals surface area (Å²) in [7, 11) is 0. The smallest absolute Gasteiger partial charge is 0.266 e. The van der Waals surface area contributed by atoms with Gasteiger partial charge >= 0.3 is 0 Å². The molecule has 2 aromatic rings. The van der Waals surface area contributed by atoms with Gasteiger partial charge < -0.3 is 10.6 Å². The van der Waals surface area contributed by atoms with E-state index in [2.05, 4.69) is 26.8 Å². The molecule has 1 aliphatic rings. The first-order valence-electron chi connectivity index (χ1n) is 6.95. The van der Waals surface area contributed by atoms with Gasteiger partial charge in [-0.25, -0.2) is 0 Å². The molecule has 0 spiro atoms. The lowest BCUT2D eigenvalue weighted by molar-refractivity contribution is 0.0784. The summed E-state index contributed by atoms with van der Waals surface area (Å²) < 4.78 is 1.10. The minimum Gasteiger partial charge on any atom is -0.397 e. The number of likely N-dealkylation sites (tertiary alicyclic amines) is 1. The predicted molar refractivity (Wildman–Crippen MR) is 85.3 cm³/mol. The second kappa shape index (κ2) is 4.48. The molecular weight excluding hydrogens is 268 g/mol. The number of amides is 1. The number of aryl methyl sites for hydroxylation is 1. The van der Waals surface area contributed by atoms with Crippen LogP contribution in [0.25, 0.3) is 10.1 Å². The largest absolute Gasteiger partial charge is 0.397 e. The third-order valence-corrected chi connectivity index (χ3v) is 5.20. The lowest BCUT2D eigenvalue weighted by atomic mass is 9.93. The molecule has 1 aromatic heterocycles. The third-order valence-electron chi connectivity index (χ3n) is 4.04. The molecule has 20 heavy (non-hydrogen) atoms. The van der Waals surface area contributed by atoms with E-state index < -0.39 is 0 Å². The molecule has 0 atom stereocenters. The minimum atomic E-state index is 0.0897. The number of anilines is 1. The van der Waals surface area contributed by atoms with Crippen molar-refractivity contribution in [3.05, 3.63) is 28.6 Å². The van der Waals surface area contributed by atoms with Crippen LogP contribution in [0.4, 0.5) is 5.69 Å². The number of rotatable bonds is 1. The third kappa shape index (κ3) is 2.18. The summed E-state index contributed by atoms with van der Waals surface area (Å²) in [4.78, 5) is 15.3. The molecule has 1 amide bonds. The van der Waals surface area contributed by atoms with Gasteiger partial charge in [-0.05, 0) is 30.4 Å². The van der Waals surface area contributed by atoms with Gasteiger partial charge in [0.15, 0.2) is 0 Å². The summed E-state index contributed by atoms with van der Waals surface area (Å²) >= 11 is 1.52. The van der Waals surface area contributed by atoms with E-state index in [1.165, 1.54) is 16.9 Å². The van der Waals surface area contributed by atoms with Crippen LogP contribution >= 0.6 is 11.3 Å². The lowest BCUT2D eigenvalue weighted by Crippen LogP contribution is -2.30. The quantitative estimate of drug-likeness (QED) is 0.870. The second-order valence-electron chi connectivity index (χ2n) is 6.49. The summed E-state index contributed by atoms with van der Waals surface area (Å²) in [5, 5.41) is 1.00. The molecule has 106 valence electrons. The first kappa shape index (κ1) is 13.4. The Bertz CT molecular complexity index is 687. The van der Waals surface area contributed by atoms with Crippen molar-refractivity contribution in [2.45, 2.75) is 27.2 Å². The van der Waals surface area contributed by atoms with Crippen molar-refractivity contribution in [2.24, 2.45) is 5.41 Å². The van der Waals surface area contributed by atoms with E-state index in [-0.39, 0.29) is 11.3 Å². The van der Waals surface area contributed by atoms with Gasteiger partial charge in [-0.3, -0.25) is 4.79 Å². The average molecular weight is 288 g/mol. The Morgan fingerprint density at radius 3 is 2.80 bits per heavy atom. The van der Waals surface area contributed by atoms with Crippen molar-refractivity contribution in [3.8, 4) is 0 Å². The van der Waals surface area contributed by atoms with Crippen LogP contribution in [0.2, 0.25) is 0 Å². The average Bonchev–Trinajstić information content (AvgIpc) is 2.89. The van der Waals surface area contributed by atoms with Crippen LogP contribution < -0.4 is 5.73 Å². The topological polar surface area (TPSA) is 46.3 Å². The highest BCUT2D eigenvalue weighted by atomic mass is 32.1. The van der Waals surface area contributed by atoms with Gasteiger partial charge in [0.25, 0.3) is 5.91 Å². The highest BCUT2D eigenvalue weighted by Crippen LogP contribution is 2.37. The van der Waals surface area contributed by atoms with Gasteiger partial charge in [0, 0.05) is 23.2 Å². The Balaban J connectivity index is 1.98. The molecular formula is C16H20N2OS. The number of hydrogen-bond acceptors (Lipinski definition) is 3. The zero-order valence-corrected chi connectivity index (χ0v) is 13.0. The number of hydrogen-bond donors (Lipinski definition) is 1. The van der Waals surface area contributed by atoms with Crippen LogP contribution in [0, 0.1) is 12.3 Å². The van der Waals surface area contributed by atoms with Crippen LogP contribution in [-0.4, -0.2) is 23.9 Å². The maximum absolute atomic E-state index is 12.7. The molecule has 1 fully saturated rings. The maximum atomic E-state index is 12.7. The van der Waals surface area contributed by atoms with E-state index in [1.54, 1.807) is 0 Å². The summed E-state index contributed by atoms with van der Waals surface area (Å²) in [6, 6.07) is 6.15. The van der Waals surface area contributed by atoms with Gasteiger partial charge in [0.1, 0.15) is 4.88 Å². The summed E-state index contributed by atoms with van der Waals surface area (Å²) in [5.74, 6) is 0.0897. The second-order valence-corrected chi connectivity index (χ2v) is 7.54. The van der Waals surface area contributed by atoms with Crippen molar-refractivity contribution >= 4 is 33.0 Å². The van der Waals surface area contributed by atoms with Crippen LogP contribution in [0.5, 0.6) is 0 Å². The van der Waals surface area contributed by atoms with Crippen LogP contribution in [0.1, 0.15) is 35.5 Å². The molecule has 0 unspecified atom stereocenters. The monoisotopic (exact) mass is 288 g/mol. The van der Waals surface area contributed by atoms with E-state index in [0.717, 1.165) is 29.6 Å². The molecule has 0 aliphatic carbocycles. The van der Waals surface area contributed by atoms with Gasteiger partial charge in [0.05, 0.1) is 5.69 Å². The lowest BCUT2D eigenvalue weighted by Gasteiger charge is -2.19. The molecule has 2 N–H and O–H groups in total. The standard InChI is InChI=1S/C16H20N2OS/c1-10-4-5-11-12(8-10)20-14(13(11)17)15(19)18-7-6-16(2,3)9-18/h4-5,8H,6-7,9,17H2,1-3H3. The van der Waals surface area contributed by atoms with E-state index >= 15 is 0 Å². The number of nitrogen functional groups attached to an aromatic ring is 1. The fraction of sp³-hybridized carbons (Fsp3) is 0.438. The van der Waals surface area contributed by atoms with E-state index in [4.69, 9.17) is 5.73 Å². The molecule has 0 bridgehead atoms. The van der Waals surface area contributed by atoms with Gasteiger partial charge in [-0.15, -0.1) is 11.3 Å². The van der Waals surface area contributed by atoms with Crippen molar-refractivity contribution in [1.82, 2.24) is 4.90 Å². The minimum absolute atomic E-state index is 0.0897. The summed E-state index contributed by atoms with van der Waals surface area (Å²) in [6.07, 6.45) is 1.06. The van der Waals surface area contributed by atoms with E-state index in [9.17, 15) is 4.79 Å². The molecule has 3 rings (SSSR count). The fourth-order valence-electron chi connectivity index (χ4n) is 2.81. The Hall–Kier alpha value is -1.55. The zero-order chi connectivity index (χ0) is 14.5. The van der Waals surface area contributed by atoms with Crippen LogP contribution in [-0.2, 0) is 0 Å². The van der Waals surface area contributed by atoms with E-state index in [1.807, 2.05) is 17.0 Å². The number of thiophene rings is 1. The normalized spacial score (nSPS) is 17.9. The number of benzene rings is 1. The molecule has 3 nitrogen and oxygen atoms in total. The number of nitrogens with two attached hydrogens (primary N) is 1. The van der Waals surface area contributed by atoms with Crippen molar-refractivity contribution in [1.29, 1.82) is 0 Å². The Kier molecular flexibility index (Phi) is 3.01. The highest BCUT2D eigenvalue weighted by Gasteiger charge is 2.33. The maximum Gasteiger partial charge on any atom is 0.266 e. The zero-order valence-electron chi connectivity index (χ0n) is 12.2. The van der Waals surface area contributed by atoms with Gasteiger partial charge in [-0.2, -0.15) is 0 Å². The molecule has 4 heteroatoms. The Labute approximate surface area is 123 Å². The predicted octanol–water partition coefficient (Wildman–Crippen LogP) is 3.66. The number of carbonyl (C=O) groups is 1. The van der Waals surface area contributed by atoms with Crippen molar-refractivity contribution < 1.29 is 4.79 Å². The number of nitrogens with zero attached hydrogens (tertiary/aromatic N) is 1. The molecule has 2 heterocycles. The van der Waals surface area contributed by atoms with Crippen molar-refractivity contribution in [2.75, 3.05) is 18.8 Å². The first-order chi connectivity index (χ1) is 9.37. The summed E-state index contributed by atoms with van der Waals surface area (Å²) in [6.45, 7) is 8.12. The molecule has 0 saturated carbocycles. The summed E-state index contributed by atoms with van der Waals surface area (Å²) in [5.41, 5.74) is 8.24. The first-order valence-corrected chi connectivity index (χ1v) is 7.77.